The normalized spacial score (nSPS) is 22.0. The van der Waals surface area contributed by atoms with Crippen LogP contribution in [0.1, 0.15) is 43.5 Å². The van der Waals surface area contributed by atoms with Crippen LogP contribution < -0.4 is 11.1 Å². The summed E-state index contributed by atoms with van der Waals surface area (Å²) in [5.41, 5.74) is 5.95. The molecule has 3 N–H and O–H groups in total. The predicted octanol–water partition coefficient (Wildman–Crippen LogP) is 1.73. The molecule has 1 amide bonds. The minimum absolute atomic E-state index is 0.0345. The number of carbonyl (C=O) groups is 1. The van der Waals surface area contributed by atoms with Crippen LogP contribution in [0.3, 0.4) is 0 Å². The molecule has 122 valence electrons. The topological polar surface area (TPSA) is 89.3 Å². The quantitative estimate of drug-likeness (QED) is 0.863. The predicted molar refractivity (Wildman–Crippen MR) is 86.4 cm³/mol. The van der Waals surface area contributed by atoms with Gasteiger partial charge in [-0.2, -0.15) is 0 Å². The first-order valence-electron chi connectivity index (χ1n) is 7.71. The molecule has 1 aliphatic carbocycles. The zero-order valence-corrected chi connectivity index (χ0v) is 13.9. The Balaban J connectivity index is 2.28. The van der Waals surface area contributed by atoms with Crippen molar-refractivity contribution in [2.75, 3.05) is 6.54 Å². The van der Waals surface area contributed by atoms with E-state index in [0.29, 0.717) is 6.54 Å². The Kier molecular flexibility index (Phi) is 5.24. The van der Waals surface area contributed by atoms with Gasteiger partial charge in [0.1, 0.15) is 0 Å². The lowest BCUT2D eigenvalue weighted by Gasteiger charge is -2.20. The highest BCUT2D eigenvalue weighted by molar-refractivity contribution is 7.92. The Bertz CT molecular complexity index is 641. The van der Waals surface area contributed by atoms with Crippen LogP contribution in [0, 0.1) is 5.92 Å². The number of hydrogen-bond acceptors (Lipinski definition) is 4. The number of amides is 1. The molecule has 0 aliphatic heterocycles. The molecule has 1 saturated carbocycles. The zero-order chi connectivity index (χ0) is 16.3. The summed E-state index contributed by atoms with van der Waals surface area (Å²) < 4.78 is 24.8. The highest BCUT2D eigenvalue weighted by atomic mass is 32.2. The fourth-order valence-corrected chi connectivity index (χ4v) is 4.15. The SMILES string of the molecule is CC(C)S(=O)(=O)c1ccccc1C(=O)NC1CCCC1CN. The maximum atomic E-state index is 12.5. The minimum atomic E-state index is -3.49. The van der Waals surface area contributed by atoms with Gasteiger partial charge < -0.3 is 11.1 Å². The second-order valence-electron chi connectivity index (χ2n) is 6.10. The van der Waals surface area contributed by atoms with Gasteiger partial charge >= 0.3 is 0 Å². The molecule has 0 aromatic heterocycles. The number of nitrogens with one attached hydrogen (secondary N) is 1. The number of hydrogen-bond donors (Lipinski definition) is 2. The van der Waals surface area contributed by atoms with Crippen LogP contribution in [0.25, 0.3) is 0 Å². The molecule has 0 spiro atoms. The van der Waals surface area contributed by atoms with Crippen LogP contribution in [0.4, 0.5) is 0 Å². The summed E-state index contributed by atoms with van der Waals surface area (Å²) in [4.78, 5) is 12.6. The van der Waals surface area contributed by atoms with E-state index in [4.69, 9.17) is 5.73 Å². The summed E-state index contributed by atoms with van der Waals surface area (Å²) in [5.74, 6) is -0.0528. The van der Waals surface area contributed by atoms with Gasteiger partial charge in [-0.25, -0.2) is 8.42 Å². The Morgan fingerprint density at radius 3 is 2.64 bits per heavy atom. The lowest BCUT2D eigenvalue weighted by molar-refractivity contribution is 0.0925. The molecule has 2 unspecified atom stereocenters. The molecule has 2 rings (SSSR count). The molecular weight excluding hydrogens is 300 g/mol. The van der Waals surface area contributed by atoms with Crippen LogP contribution in [0.2, 0.25) is 0 Å². The number of nitrogens with two attached hydrogens (primary N) is 1. The van der Waals surface area contributed by atoms with E-state index < -0.39 is 15.1 Å². The lowest BCUT2D eigenvalue weighted by atomic mass is 10.0. The highest BCUT2D eigenvalue weighted by Crippen LogP contribution is 2.26. The van der Waals surface area contributed by atoms with Crippen molar-refractivity contribution < 1.29 is 13.2 Å². The van der Waals surface area contributed by atoms with Crippen molar-refractivity contribution in [2.45, 2.75) is 49.3 Å². The smallest absolute Gasteiger partial charge is 0.252 e. The van der Waals surface area contributed by atoms with E-state index in [1.54, 1.807) is 32.0 Å². The standard InChI is InChI=1S/C16H24N2O3S/c1-11(2)22(20,21)15-9-4-3-7-13(15)16(19)18-14-8-5-6-12(14)10-17/h3-4,7,9,11-12,14H,5-6,8,10,17H2,1-2H3,(H,18,19). The number of rotatable bonds is 5. The monoisotopic (exact) mass is 324 g/mol. The molecule has 0 radical (unpaired) electrons. The van der Waals surface area contributed by atoms with Gasteiger partial charge in [0.25, 0.3) is 5.91 Å². The minimum Gasteiger partial charge on any atom is -0.349 e. The van der Waals surface area contributed by atoms with E-state index in [1.165, 1.54) is 6.07 Å². The first-order valence-corrected chi connectivity index (χ1v) is 9.26. The van der Waals surface area contributed by atoms with Gasteiger partial charge in [0, 0.05) is 6.04 Å². The van der Waals surface area contributed by atoms with E-state index in [0.717, 1.165) is 19.3 Å². The van der Waals surface area contributed by atoms with Gasteiger partial charge in [-0.1, -0.05) is 18.6 Å². The van der Waals surface area contributed by atoms with Gasteiger partial charge in [-0.15, -0.1) is 0 Å². The van der Waals surface area contributed by atoms with Crippen molar-refractivity contribution in [2.24, 2.45) is 11.7 Å². The molecular formula is C16H24N2O3S. The van der Waals surface area contributed by atoms with Crippen molar-refractivity contribution in [3.8, 4) is 0 Å². The molecule has 6 heteroatoms. The summed E-state index contributed by atoms with van der Waals surface area (Å²) in [7, 11) is -3.49. The van der Waals surface area contributed by atoms with Crippen molar-refractivity contribution >= 4 is 15.7 Å². The highest BCUT2D eigenvalue weighted by Gasteiger charge is 2.30. The van der Waals surface area contributed by atoms with Crippen LogP contribution in [-0.4, -0.2) is 32.2 Å². The van der Waals surface area contributed by atoms with Crippen LogP contribution in [-0.2, 0) is 9.84 Å². The Labute approximate surface area is 132 Å². The van der Waals surface area contributed by atoms with E-state index in [9.17, 15) is 13.2 Å². The average molecular weight is 324 g/mol. The Morgan fingerprint density at radius 1 is 1.32 bits per heavy atom. The molecule has 1 fully saturated rings. The fourth-order valence-electron chi connectivity index (χ4n) is 2.91. The summed E-state index contributed by atoms with van der Waals surface area (Å²) >= 11 is 0. The number of sulfone groups is 1. The van der Waals surface area contributed by atoms with Crippen molar-refractivity contribution in [3.05, 3.63) is 29.8 Å². The van der Waals surface area contributed by atoms with Crippen LogP contribution >= 0.6 is 0 Å². The third-order valence-electron chi connectivity index (χ3n) is 4.34. The Morgan fingerprint density at radius 2 is 2.00 bits per heavy atom. The maximum absolute atomic E-state index is 12.5. The third-order valence-corrected chi connectivity index (χ3v) is 6.55. The molecule has 0 saturated heterocycles. The number of carbonyl (C=O) groups excluding carboxylic acids is 1. The van der Waals surface area contributed by atoms with Gasteiger partial charge in [0.05, 0.1) is 15.7 Å². The molecule has 22 heavy (non-hydrogen) atoms. The molecule has 1 aliphatic rings. The number of benzene rings is 1. The van der Waals surface area contributed by atoms with E-state index in [1.807, 2.05) is 0 Å². The summed E-state index contributed by atoms with van der Waals surface area (Å²) in [6, 6.07) is 6.43. The van der Waals surface area contributed by atoms with E-state index in [2.05, 4.69) is 5.32 Å². The molecule has 2 atom stereocenters. The first kappa shape index (κ1) is 17.0. The molecule has 0 heterocycles. The Hall–Kier alpha value is -1.40. The summed E-state index contributed by atoms with van der Waals surface area (Å²) in [6.45, 7) is 3.77. The van der Waals surface area contributed by atoms with Crippen LogP contribution in [0.5, 0.6) is 0 Å². The van der Waals surface area contributed by atoms with Gasteiger partial charge in [0.2, 0.25) is 0 Å². The summed E-state index contributed by atoms with van der Waals surface area (Å²) in [6.07, 6.45) is 2.94. The molecule has 1 aromatic carbocycles. The lowest BCUT2D eigenvalue weighted by Crippen LogP contribution is -2.40. The molecule has 5 nitrogen and oxygen atoms in total. The van der Waals surface area contributed by atoms with E-state index >= 15 is 0 Å². The summed E-state index contributed by atoms with van der Waals surface area (Å²) in [5, 5.41) is 2.40. The molecule has 0 bridgehead atoms. The fraction of sp³-hybridized carbons (Fsp3) is 0.562. The largest absolute Gasteiger partial charge is 0.349 e. The van der Waals surface area contributed by atoms with Gasteiger partial charge in [-0.05, 0) is 51.3 Å². The van der Waals surface area contributed by atoms with Crippen molar-refractivity contribution in [1.29, 1.82) is 0 Å². The first-order chi connectivity index (χ1) is 10.4. The second kappa shape index (κ2) is 6.79. The average Bonchev–Trinajstić information content (AvgIpc) is 2.94. The van der Waals surface area contributed by atoms with Crippen molar-refractivity contribution in [1.82, 2.24) is 5.32 Å². The van der Waals surface area contributed by atoms with Gasteiger partial charge in [-0.3, -0.25) is 4.79 Å². The zero-order valence-electron chi connectivity index (χ0n) is 13.1. The van der Waals surface area contributed by atoms with E-state index in [-0.39, 0.29) is 28.3 Å². The van der Waals surface area contributed by atoms with Gasteiger partial charge in [0.15, 0.2) is 9.84 Å². The maximum Gasteiger partial charge on any atom is 0.252 e. The van der Waals surface area contributed by atoms with Crippen LogP contribution in [0.15, 0.2) is 29.2 Å². The molecule has 1 aromatic rings. The van der Waals surface area contributed by atoms with Crippen molar-refractivity contribution in [3.63, 3.8) is 0 Å². The third kappa shape index (κ3) is 3.33. The second-order valence-corrected chi connectivity index (χ2v) is 8.57.